The highest BCUT2D eigenvalue weighted by molar-refractivity contribution is 6.05. The van der Waals surface area contributed by atoms with E-state index < -0.39 is 0 Å². The molecule has 0 amide bonds. The van der Waals surface area contributed by atoms with Gasteiger partial charge >= 0.3 is 0 Å². The van der Waals surface area contributed by atoms with Gasteiger partial charge in [0.25, 0.3) is 0 Å². The highest BCUT2D eigenvalue weighted by Crippen LogP contribution is 2.27. The van der Waals surface area contributed by atoms with E-state index in [1.807, 2.05) is 32.0 Å². The summed E-state index contributed by atoms with van der Waals surface area (Å²) < 4.78 is 10.4. The molecule has 0 aromatic heterocycles. The van der Waals surface area contributed by atoms with Gasteiger partial charge in [0, 0.05) is 23.5 Å². The standard InChI is InChI=1S/C19H21NO3/c1-13-6-5-7-14(2)19(13)20-11-10-16(21)15-8-9-17(22-3)18(12-15)23-4/h5-12,20H,1-4H3. The highest BCUT2D eigenvalue weighted by Gasteiger charge is 2.08. The van der Waals surface area contributed by atoms with Crippen molar-refractivity contribution in [3.05, 3.63) is 65.4 Å². The van der Waals surface area contributed by atoms with Gasteiger partial charge in [-0.2, -0.15) is 0 Å². The fraction of sp³-hybridized carbons (Fsp3) is 0.211. The fourth-order valence-corrected chi connectivity index (χ4v) is 2.33. The average Bonchev–Trinajstić information content (AvgIpc) is 2.56. The maximum Gasteiger partial charge on any atom is 0.187 e. The summed E-state index contributed by atoms with van der Waals surface area (Å²) in [5.41, 5.74) is 3.83. The number of methoxy groups -OCH3 is 2. The molecule has 0 aliphatic rings. The van der Waals surface area contributed by atoms with E-state index in [1.165, 1.54) is 6.08 Å². The smallest absolute Gasteiger partial charge is 0.187 e. The maximum absolute atomic E-state index is 12.2. The van der Waals surface area contributed by atoms with Crippen molar-refractivity contribution in [3.8, 4) is 11.5 Å². The van der Waals surface area contributed by atoms with E-state index in [2.05, 4.69) is 5.32 Å². The zero-order chi connectivity index (χ0) is 16.8. The Balaban J connectivity index is 2.13. The van der Waals surface area contributed by atoms with E-state index in [0.717, 1.165) is 16.8 Å². The number of benzene rings is 2. The fourth-order valence-electron chi connectivity index (χ4n) is 2.33. The molecule has 4 heteroatoms. The number of carbonyl (C=O) groups excluding carboxylic acids is 1. The van der Waals surface area contributed by atoms with Crippen molar-refractivity contribution < 1.29 is 14.3 Å². The Bertz CT molecular complexity index is 715. The van der Waals surface area contributed by atoms with Crippen LogP contribution < -0.4 is 14.8 Å². The molecule has 2 aromatic rings. The SMILES string of the molecule is COc1ccc(C(=O)C=CNc2c(C)cccc2C)cc1OC. The molecule has 0 saturated carbocycles. The quantitative estimate of drug-likeness (QED) is 0.643. The molecule has 0 fully saturated rings. The molecule has 23 heavy (non-hydrogen) atoms. The topological polar surface area (TPSA) is 47.6 Å². The minimum atomic E-state index is -0.107. The maximum atomic E-state index is 12.2. The third-order valence-electron chi connectivity index (χ3n) is 3.61. The van der Waals surface area contributed by atoms with E-state index in [0.29, 0.717) is 17.1 Å². The summed E-state index contributed by atoms with van der Waals surface area (Å²) in [4.78, 5) is 12.2. The van der Waals surface area contributed by atoms with Gasteiger partial charge in [-0.15, -0.1) is 0 Å². The van der Waals surface area contributed by atoms with Crippen molar-refractivity contribution in [2.24, 2.45) is 0 Å². The third-order valence-corrected chi connectivity index (χ3v) is 3.61. The van der Waals surface area contributed by atoms with Gasteiger partial charge in [-0.05, 0) is 43.2 Å². The highest BCUT2D eigenvalue weighted by atomic mass is 16.5. The van der Waals surface area contributed by atoms with Crippen molar-refractivity contribution in [3.63, 3.8) is 0 Å². The molecule has 2 rings (SSSR count). The number of hydrogen-bond acceptors (Lipinski definition) is 4. The summed E-state index contributed by atoms with van der Waals surface area (Å²) in [6.07, 6.45) is 3.17. The minimum absolute atomic E-state index is 0.107. The summed E-state index contributed by atoms with van der Waals surface area (Å²) in [7, 11) is 3.11. The van der Waals surface area contributed by atoms with Gasteiger partial charge in [-0.25, -0.2) is 0 Å². The molecule has 1 N–H and O–H groups in total. The molecule has 0 atom stereocenters. The number of allylic oxidation sites excluding steroid dienone is 1. The Hall–Kier alpha value is -2.75. The Morgan fingerprint density at radius 1 is 1.00 bits per heavy atom. The van der Waals surface area contributed by atoms with Gasteiger partial charge in [-0.1, -0.05) is 18.2 Å². The summed E-state index contributed by atoms with van der Waals surface area (Å²) in [6, 6.07) is 11.2. The molecule has 0 bridgehead atoms. The lowest BCUT2D eigenvalue weighted by molar-refractivity contribution is 0.104. The summed E-state index contributed by atoms with van der Waals surface area (Å²) in [6.45, 7) is 4.05. The lowest BCUT2D eigenvalue weighted by atomic mass is 10.1. The number of nitrogens with one attached hydrogen (secondary N) is 1. The Morgan fingerprint density at radius 3 is 2.26 bits per heavy atom. The van der Waals surface area contributed by atoms with E-state index in [4.69, 9.17) is 9.47 Å². The molecule has 4 nitrogen and oxygen atoms in total. The second-order valence-corrected chi connectivity index (χ2v) is 5.18. The molecule has 2 aromatic carbocycles. The van der Waals surface area contributed by atoms with Crippen LogP contribution >= 0.6 is 0 Å². The van der Waals surface area contributed by atoms with Crippen LogP contribution in [-0.4, -0.2) is 20.0 Å². The largest absolute Gasteiger partial charge is 0.493 e. The van der Waals surface area contributed by atoms with Crippen LogP contribution in [0.15, 0.2) is 48.7 Å². The predicted molar refractivity (Wildman–Crippen MR) is 92.6 cm³/mol. The van der Waals surface area contributed by atoms with Crippen LogP contribution in [0.5, 0.6) is 11.5 Å². The van der Waals surface area contributed by atoms with Gasteiger partial charge < -0.3 is 14.8 Å². The molecular weight excluding hydrogens is 290 g/mol. The molecule has 0 aliphatic carbocycles. The molecule has 0 radical (unpaired) electrons. The van der Waals surface area contributed by atoms with Crippen LogP contribution in [0.4, 0.5) is 5.69 Å². The van der Waals surface area contributed by atoms with E-state index in [-0.39, 0.29) is 5.78 Å². The normalized spacial score (nSPS) is 10.6. The molecule has 0 saturated heterocycles. The lowest BCUT2D eigenvalue weighted by Crippen LogP contribution is -1.99. The number of anilines is 1. The van der Waals surface area contributed by atoms with Crippen molar-refractivity contribution in [1.29, 1.82) is 0 Å². The number of ketones is 1. The first-order chi connectivity index (χ1) is 11.1. The van der Waals surface area contributed by atoms with Crippen LogP contribution in [0.2, 0.25) is 0 Å². The van der Waals surface area contributed by atoms with E-state index >= 15 is 0 Å². The first-order valence-corrected chi connectivity index (χ1v) is 7.32. The minimum Gasteiger partial charge on any atom is -0.493 e. The van der Waals surface area contributed by atoms with Gasteiger partial charge in [0.2, 0.25) is 0 Å². The molecule has 0 spiro atoms. The molecule has 120 valence electrons. The van der Waals surface area contributed by atoms with Crippen LogP contribution in [0.1, 0.15) is 21.5 Å². The van der Waals surface area contributed by atoms with Crippen molar-refractivity contribution in [1.82, 2.24) is 0 Å². The number of hydrogen-bond donors (Lipinski definition) is 1. The van der Waals surface area contributed by atoms with Gasteiger partial charge in [0.1, 0.15) is 0 Å². The third kappa shape index (κ3) is 3.92. The van der Waals surface area contributed by atoms with Crippen LogP contribution in [0.25, 0.3) is 0 Å². The Morgan fingerprint density at radius 2 is 1.65 bits per heavy atom. The van der Waals surface area contributed by atoms with Crippen LogP contribution in [0, 0.1) is 13.8 Å². The number of carbonyl (C=O) groups is 1. The van der Waals surface area contributed by atoms with Gasteiger partial charge in [-0.3, -0.25) is 4.79 Å². The van der Waals surface area contributed by atoms with Gasteiger partial charge in [0.15, 0.2) is 17.3 Å². The zero-order valence-electron chi connectivity index (χ0n) is 13.8. The van der Waals surface area contributed by atoms with Crippen molar-refractivity contribution in [2.75, 3.05) is 19.5 Å². The average molecular weight is 311 g/mol. The second-order valence-electron chi connectivity index (χ2n) is 5.18. The second kappa shape index (κ2) is 7.49. The monoisotopic (exact) mass is 311 g/mol. The van der Waals surface area contributed by atoms with Crippen molar-refractivity contribution >= 4 is 11.5 Å². The summed E-state index contributed by atoms with van der Waals surface area (Å²) >= 11 is 0. The van der Waals surface area contributed by atoms with E-state index in [9.17, 15) is 4.79 Å². The Labute approximate surface area is 136 Å². The zero-order valence-corrected chi connectivity index (χ0v) is 13.8. The summed E-state index contributed by atoms with van der Waals surface area (Å²) in [5.74, 6) is 1.03. The molecule has 0 unspecified atom stereocenters. The molecule has 0 aliphatic heterocycles. The first kappa shape index (κ1) is 16.6. The van der Waals surface area contributed by atoms with Crippen LogP contribution in [0.3, 0.4) is 0 Å². The predicted octanol–water partition coefficient (Wildman–Crippen LogP) is 4.13. The van der Waals surface area contributed by atoms with E-state index in [1.54, 1.807) is 38.6 Å². The first-order valence-electron chi connectivity index (χ1n) is 7.32. The molecule has 0 heterocycles. The van der Waals surface area contributed by atoms with Gasteiger partial charge in [0.05, 0.1) is 14.2 Å². The molecular formula is C19H21NO3. The number of aryl methyl sites for hydroxylation is 2. The lowest BCUT2D eigenvalue weighted by Gasteiger charge is -2.09. The number of rotatable bonds is 6. The van der Waals surface area contributed by atoms with Crippen molar-refractivity contribution in [2.45, 2.75) is 13.8 Å². The Kier molecular flexibility index (Phi) is 5.41. The van der Waals surface area contributed by atoms with Crippen LogP contribution in [-0.2, 0) is 0 Å². The number of para-hydroxylation sites is 1. The number of ether oxygens (including phenoxy) is 2. The summed E-state index contributed by atoms with van der Waals surface area (Å²) in [5, 5.41) is 3.18.